The van der Waals surface area contributed by atoms with Gasteiger partial charge in [0.25, 0.3) is 12.3 Å². The minimum absolute atomic E-state index is 0.0245. The maximum absolute atomic E-state index is 13.2. The van der Waals surface area contributed by atoms with E-state index in [0.717, 1.165) is 18.3 Å². The van der Waals surface area contributed by atoms with Gasteiger partial charge in [0.15, 0.2) is 17.4 Å². The Kier molecular flexibility index (Phi) is 7.59. The Hall–Kier alpha value is -3.78. The molecule has 0 saturated heterocycles. The molecule has 4 aromatic heterocycles. The minimum atomic E-state index is -4.69. The van der Waals surface area contributed by atoms with E-state index in [2.05, 4.69) is 35.6 Å². The fourth-order valence-electron chi connectivity index (χ4n) is 3.14. The van der Waals surface area contributed by atoms with Gasteiger partial charge in [0, 0.05) is 12.4 Å². The Bertz CT molecular complexity index is 1430. The topological polar surface area (TPSA) is 118 Å². The molecule has 0 bridgehead atoms. The third-order valence-corrected chi connectivity index (χ3v) is 5.34. The molecular formula is C21H14Cl2F5N7O2. The molecule has 4 aromatic rings. The second-order valence-electron chi connectivity index (χ2n) is 7.26. The van der Waals surface area contributed by atoms with Gasteiger partial charge in [-0.3, -0.25) is 9.78 Å². The molecule has 194 valence electrons. The summed E-state index contributed by atoms with van der Waals surface area (Å²) in [5.41, 5.74) is -1.44. The van der Waals surface area contributed by atoms with Crippen LogP contribution in [0.1, 0.15) is 21.6 Å². The van der Waals surface area contributed by atoms with Crippen molar-refractivity contribution in [1.82, 2.24) is 30.2 Å². The lowest BCUT2D eigenvalue weighted by Gasteiger charge is -2.13. The van der Waals surface area contributed by atoms with Crippen LogP contribution in [0.25, 0.3) is 11.2 Å². The number of aromatic nitrogens is 5. The van der Waals surface area contributed by atoms with Crippen LogP contribution in [0, 0.1) is 0 Å². The van der Waals surface area contributed by atoms with Gasteiger partial charge in [-0.15, -0.1) is 0 Å². The number of H-pyrrole nitrogens is 1. The molecular weight excluding hydrogens is 548 g/mol. The number of nitrogens with zero attached hydrogens (tertiary/aromatic N) is 4. The van der Waals surface area contributed by atoms with E-state index in [-0.39, 0.29) is 38.5 Å². The highest BCUT2D eigenvalue weighted by Crippen LogP contribution is 2.32. The molecule has 9 nitrogen and oxygen atoms in total. The predicted molar refractivity (Wildman–Crippen MR) is 123 cm³/mol. The zero-order valence-corrected chi connectivity index (χ0v) is 19.7. The summed E-state index contributed by atoms with van der Waals surface area (Å²) in [6, 6.07) is 4.60. The van der Waals surface area contributed by atoms with Crippen molar-refractivity contribution in [2.24, 2.45) is 0 Å². The summed E-state index contributed by atoms with van der Waals surface area (Å²) in [6.07, 6.45) is -5.06. The van der Waals surface area contributed by atoms with Crippen molar-refractivity contribution >= 4 is 51.9 Å². The van der Waals surface area contributed by atoms with Gasteiger partial charge >= 0.3 is 6.18 Å². The molecule has 4 heterocycles. The van der Waals surface area contributed by atoms with Gasteiger partial charge in [0.1, 0.15) is 5.56 Å². The molecule has 0 aromatic carbocycles. The highest BCUT2D eigenvalue weighted by molar-refractivity contribution is 6.38. The molecule has 0 aliphatic rings. The Morgan fingerprint density at radius 2 is 1.92 bits per heavy atom. The molecule has 3 N–H and O–H groups in total. The molecule has 0 fully saturated rings. The Morgan fingerprint density at radius 1 is 1.14 bits per heavy atom. The van der Waals surface area contributed by atoms with E-state index in [0.29, 0.717) is 0 Å². The molecule has 0 aliphatic carbocycles. The smallest absolute Gasteiger partial charge is 0.418 e. The quantitative estimate of drug-likeness (QED) is 0.195. The first-order valence-corrected chi connectivity index (χ1v) is 11.0. The summed E-state index contributed by atoms with van der Waals surface area (Å²) in [4.78, 5) is 31.4. The number of fused-ring (bicyclic) bond motifs is 1. The van der Waals surface area contributed by atoms with Crippen LogP contribution in [-0.2, 0) is 12.7 Å². The number of aromatic amines is 1. The molecule has 0 atom stereocenters. The number of rotatable bonds is 8. The number of ether oxygens (including phenoxy) is 1. The van der Waals surface area contributed by atoms with Crippen molar-refractivity contribution in [3.8, 4) is 5.88 Å². The van der Waals surface area contributed by atoms with Crippen LogP contribution >= 0.6 is 23.2 Å². The van der Waals surface area contributed by atoms with Crippen molar-refractivity contribution in [2.45, 2.75) is 19.1 Å². The Morgan fingerprint density at radius 3 is 2.62 bits per heavy atom. The monoisotopic (exact) mass is 561 g/mol. The number of pyridine rings is 3. The molecule has 37 heavy (non-hydrogen) atoms. The number of alkyl halides is 5. The van der Waals surface area contributed by atoms with Crippen molar-refractivity contribution in [1.29, 1.82) is 0 Å². The lowest BCUT2D eigenvalue weighted by Crippen LogP contribution is -2.26. The van der Waals surface area contributed by atoms with Gasteiger partial charge < -0.3 is 20.4 Å². The van der Waals surface area contributed by atoms with Crippen LogP contribution in [0.2, 0.25) is 10.2 Å². The molecule has 4 rings (SSSR count). The average molecular weight is 562 g/mol. The van der Waals surface area contributed by atoms with Crippen LogP contribution in [-0.4, -0.2) is 43.9 Å². The van der Waals surface area contributed by atoms with Gasteiger partial charge in [0.2, 0.25) is 11.8 Å². The molecule has 0 spiro atoms. The molecule has 0 unspecified atom stereocenters. The summed E-state index contributed by atoms with van der Waals surface area (Å²) in [5.74, 6) is -1.38. The maximum atomic E-state index is 13.2. The SMILES string of the molecule is O=C(NCc1ncccc1C(F)(F)F)c1cc2[nH]c(Nc3c(Cl)ccnc3Cl)nc2nc1OCC(F)F. The van der Waals surface area contributed by atoms with Crippen molar-refractivity contribution in [2.75, 3.05) is 11.9 Å². The number of imidazole rings is 1. The number of halogens is 7. The van der Waals surface area contributed by atoms with Gasteiger partial charge in [-0.05, 0) is 24.3 Å². The number of hydrogen-bond acceptors (Lipinski definition) is 7. The molecule has 0 aliphatic heterocycles. The maximum Gasteiger partial charge on any atom is 0.418 e. The standard InChI is InChI=1S/C21H14Cl2F5N7O2/c22-11-3-5-30-16(23)15(11)33-20-32-12-6-9(19(34-17(12)35-20)37-8-14(24)25)18(36)31-7-13-10(21(26,27)28)2-1-4-29-13/h1-6,14H,7-8H2,(H,31,36)(H2,32,33,34,35). The molecule has 0 saturated carbocycles. The van der Waals surface area contributed by atoms with Crippen molar-refractivity contribution in [3.63, 3.8) is 0 Å². The summed E-state index contributed by atoms with van der Waals surface area (Å²) in [5, 5.41) is 5.35. The largest absolute Gasteiger partial charge is 0.471 e. The lowest BCUT2D eigenvalue weighted by molar-refractivity contribution is -0.138. The summed E-state index contributed by atoms with van der Waals surface area (Å²) in [6.45, 7) is -1.69. The summed E-state index contributed by atoms with van der Waals surface area (Å²) < 4.78 is 70.2. The second-order valence-corrected chi connectivity index (χ2v) is 8.03. The third-order valence-electron chi connectivity index (χ3n) is 4.74. The summed E-state index contributed by atoms with van der Waals surface area (Å²) >= 11 is 12.1. The Balaban J connectivity index is 1.64. The first-order chi connectivity index (χ1) is 17.5. The first-order valence-electron chi connectivity index (χ1n) is 10.2. The van der Waals surface area contributed by atoms with E-state index in [4.69, 9.17) is 27.9 Å². The van der Waals surface area contributed by atoms with E-state index in [1.54, 1.807) is 0 Å². The zero-order valence-electron chi connectivity index (χ0n) is 18.2. The number of hydrogen-bond donors (Lipinski definition) is 3. The van der Waals surface area contributed by atoms with Gasteiger partial charge in [-0.1, -0.05) is 23.2 Å². The second kappa shape index (κ2) is 10.7. The van der Waals surface area contributed by atoms with E-state index < -0.39 is 48.8 Å². The van der Waals surface area contributed by atoms with Gasteiger partial charge in [-0.25, -0.2) is 13.8 Å². The van der Waals surface area contributed by atoms with Crippen LogP contribution in [0.4, 0.5) is 33.6 Å². The fourth-order valence-corrected chi connectivity index (χ4v) is 3.59. The average Bonchev–Trinajstić information content (AvgIpc) is 3.24. The normalized spacial score (nSPS) is 11.7. The zero-order chi connectivity index (χ0) is 26.7. The highest BCUT2D eigenvalue weighted by Gasteiger charge is 2.34. The van der Waals surface area contributed by atoms with E-state index in [1.807, 2.05) is 0 Å². The van der Waals surface area contributed by atoms with Gasteiger partial charge in [0.05, 0.1) is 34.0 Å². The van der Waals surface area contributed by atoms with E-state index in [9.17, 15) is 26.7 Å². The van der Waals surface area contributed by atoms with Crippen molar-refractivity contribution in [3.05, 3.63) is 63.7 Å². The first kappa shape index (κ1) is 26.3. The third kappa shape index (κ3) is 6.14. The number of anilines is 2. The lowest BCUT2D eigenvalue weighted by atomic mass is 10.1. The predicted octanol–water partition coefficient (Wildman–Crippen LogP) is 5.39. The van der Waals surface area contributed by atoms with Crippen molar-refractivity contribution < 1.29 is 31.5 Å². The highest BCUT2D eigenvalue weighted by atomic mass is 35.5. The molecule has 1 amide bonds. The number of carbonyl (C=O) groups is 1. The van der Waals surface area contributed by atoms with Crippen LogP contribution in [0.5, 0.6) is 5.88 Å². The minimum Gasteiger partial charge on any atom is -0.471 e. The number of nitrogens with one attached hydrogen (secondary N) is 3. The van der Waals surface area contributed by atoms with E-state index in [1.165, 1.54) is 18.3 Å². The van der Waals surface area contributed by atoms with Gasteiger partial charge in [-0.2, -0.15) is 23.1 Å². The molecule has 0 radical (unpaired) electrons. The summed E-state index contributed by atoms with van der Waals surface area (Å²) in [7, 11) is 0. The van der Waals surface area contributed by atoms with Crippen LogP contribution in [0.15, 0.2) is 36.7 Å². The molecule has 16 heteroatoms. The van der Waals surface area contributed by atoms with Crippen LogP contribution < -0.4 is 15.4 Å². The van der Waals surface area contributed by atoms with Crippen LogP contribution in [0.3, 0.4) is 0 Å². The number of amides is 1. The number of carbonyl (C=O) groups excluding carboxylic acids is 1. The fraction of sp³-hybridized carbons (Fsp3) is 0.190. The van der Waals surface area contributed by atoms with E-state index >= 15 is 0 Å². The Labute approximate surface area is 214 Å².